The van der Waals surface area contributed by atoms with E-state index in [2.05, 4.69) is 42.5 Å². The van der Waals surface area contributed by atoms with Gasteiger partial charge in [-0.25, -0.2) is 0 Å². The summed E-state index contributed by atoms with van der Waals surface area (Å²) in [6.45, 7) is 0. The van der Waals surface area contributed by atoms with Gasteiger partial charge < -0.3 is 0 Å². The first-order valence-electron chi connectivity index (χ1n) is 8.04. The Labute approximate surface area is 144 Å². The van der Waals surface area contributed by atoms with Crippen molar-refractivity contribution in [1.82, 2.24) is 0 Å². The Hall–Kier alpha value is -1.57. The average Bonchev–Trinajstić information content (AvgIpc) is 2.98. The second kappa shape index (κ2) is 7.33. The summed E-state index contributed by atoms with van der Waals surface area (Å²) >= 11 is 0.432. The second-order valence-electron chi connectivity index (χ2n) is 6.07. The maximum absolute atomic E-state index is 12.7. The van der Waals surface area contributed by atoms with Crippen LogP contribution in [0.2, 0.25) is 5.32 Å². The van der Waals surface area contributed by atoms with Gasteiger partial charge in [-0.2, -0.15) is 0 Å². The molecule has 0 amide bonds. The van der Waals surface area contributed by atoms with Gasteiger partial charge in [0.05, 0.1) is 0 Å². The van der Waals surface area contributed by atoms with Crippen molar-refractivity contribution in [3.8, 4) is 5.75 Å². The van der Waals surface area contributed by atoms with E-state index in [4.69, 9.17) is 4.74 Å². The number of rotatable bonds is 6. The number of carbonyl (C=O) groups excluding carboxylic acids is 1. The van der Waals surface area contributed by atoms with Gasteiger partial charge in [-0.3, -0.25) is 0 Å². The summed E-state index contributed by atoms with van der Waals surface area (Å²) in [5.41, 5.74) is 2.31. The fourth-order valence-corrected chi connectivity index (χ4v) is 6.13. The molecule has 23 heavy (non-hydrogen) atoms. The van der Waals surface area contributed by atoms with Gasteiger partial charge in [0.2, 0.25) is 0 Å². The molecule has 2 aromatic carbocycles. The number of ether oxygens (including phenoxy) is 1. The molecule has 1 atom stereocenters. The predicted molar refractivity (Wildman–Crippen MR) is 94.2 cm³/mol. The topological polar surface area (TPSA) is 26.3 Å². The van der Waals surface area contributed by atoms with Crippen LogP contribution in [0, 0.1) is 0 Å². The van der Waals surface area contributed by atoms with Gasteiger partial charge in [0, 0.05) is 0 Å². The molecule has 0 N–H and O–H groups in total. The first kappa shape index (κ1) is 16.3. The van der Waals surface area contributed by atoms with Crippen LogP contribution in [-0.4, -0.2) is 27.8 Å². The monoisotopic (exact) mass is 374 g/mol. The van der Waals surface area contributed by atoms with Crippen LogP contribution in [0.25, 0.3) is 0 Å². The molecule has 0 radical (unpaired) electrons. The summed E-state index contributed by atoms with van der Waals surface area (Å²) < 4.78 is 5.25. The van der Waals surface area contributed by atoms with Crippen molar-refractivity contribution in [2.24, 2.45) is 0 Å². The summed E-state index contributed by atoms with van der Waals surface area (Å²) in [6, 6.07) is 18.7. The second-order valence-corrected chi connectivity index (χ2v) is 8.13. The van der Waals surface area contributed by atoms with Crippen LogP contribution in [0.5, 0.6) is 5.75 Å². The number of Topliss-reactive ketones (excluding diaryl/α,β-unsaturated/α-hetero) is 1. The van der Waals surface area contributed by atoms with Crippen molar-refractivity contribution < 1.29 is 9.53 Å². The fourth-order valence-electron chi connectivity index (χ4n) is 3.30. The third-order valence-corrected chi connectivity index (χ3v) is 7.23. The number of carbonyl (C=O) groups is 1. The summed E-state index contributed by atoms with van der Waals surface area (Å²) in [5, 5.41) is 2.10. The van der Waals surface area contributed by atoms with E-state index in [1.807, 2.05) is 12.1 Å². The van der Waals surface area contributed by atoms with E-state index in [-0.39, 0.29) is 5.41 Å². The average molecular weight is 373 g/mol. The SMILES string of the molecule is COc1ccc(C2(C[Se]Cc3ccccc3)CCCC2=O)cc1. The number of hydrogen-bond donors (Lipinski definition) is 0. The standard InChI is InChI=1S/C20H22O2Se/c1-22-18-11-9-17(10-12-18)20(13-5-8-19(20)21)15-23-14-16-6-3-2-4-7-16/h2-4,6-7,9-12H,5,8,13-15H2,1H3. The molecule has 1 saturated carbocycles. The van der Waals surface area contributed by atoms with E-state index in [1.54, 1.807) is 7.11 Å². The molecule has 2 nitrogen and oxygen atoms in total. The van der Waals surface area contributed by atoms with Crippen molar-refractivity contribution >= 4 is 20.7 Å². The Morgan fingerprint density at radius 1 is 1.09 bits per heavy atom. The Morgan fingerprint density at radius 2 is 1.83 bits per heavy atom. The summed E-state index contributed by atoms with van der Waals surface area (Å²) in [6.07, 6.45) is 2.74. The van der Waals surface area contributed by atoms with E-state index in [1.165, 1.54) is 11.1 Å². The third kappa shape index (κ3) is 3.52. The maximum atomic E-state index is 12.7. The molecule has 120 valence electrons. The zero-order valence-electron chi connectivity index (χ0n) is 13.5. The molecule has 0 heterocycles. The molecular formula is C20H22O2Se. The van der Waals surface area contributed by atoms with Gasteiger partial charge in [-0.1, -0.05) is 0 Å². The van der Waals surface area contributed by atoms with Crippen molar-refractivity contribution in [3.63, 3.8) is 0 Å². The van der Waals surface area contributed by atoms with Gasteiger partial charge in [-0.15, -0.1) is 0 Å². The Bertz CT molecular complexity index is 651. The van der Waals surface area contributed by atoms with Crippen LogP contribution in [-0.2, 0) is 15.5 Å². The molecule has 3 heteroatoms. The first-order chi connectivity index (χ1) is 11.2. The molecular weight excluding hydrogens is 351 g/mol. The zero-order chi connectivity index (χ0) is 16.1. The molecule has 1 aliphatic rings. The predicted octanol–water partition coefficient (Wildman–Crippen LogP) is 4.01. The van der Waals surface area contributed by atoms with Gasteiger partial charge in [0.25, 0.3) is 0 Å². The summed E-state index contributed by atoms with van der Waals surface area (Å²) in [5.74, 6) is 1.28. The van der Waals surface area contributed by atoms with Gasteiger partial charge in [0.1, 0.15) is 0 Å². The van der Waals surface area contributed by atoms with Crippen LogP contribution < -0.4 is 4.74 Å². The van der Waals surface area contributed by atoms with Crippen molar-refractivity contribution in [2.75, 3.05) is 7.11 Å². The quantitative estimate of drug-likeness (QED) is 0.716. The van der Waals surface area contributed by atoms with Crippen molar-refractivity contribution in [3.05, 3.63) is 65.7 Å². The summed E-state index contributed by atoms with van der Waals surface area (Å²) in [4.78, 5) is 12.7. The third-order valence-electron chi connectivity index (χ3n) is 4.64. The van der Waals surface area contributed by atoms with Gasteiger partial charge >= 0.3 is 144 Å². The Balaban J connectivity index is 1.75. The van der Waals surface area contributed by atoms with Crippen LogP contribution in [0.15, 0.2) is 54.6 Å². The van der Waals surface area contributed by atoms with Gasteiger partial charge in [0.15, 0.2) is 0 Å². The molecule has 3 rings (SSSR count). The molecule has 1 aliphatic carbocycles. The minimum atomic E-state index is -0.249. The van der Waals surface area contributed by atoms with Crippen LogP contribution in [0.3, 0.4) is 0 Å². The van der Waals surface area contributed by atoms with Crippen LogP contribution >= 0.6 is 0 Å². The van der Waals surface area contributed by atoms with E-state index in [0.29, 0.717) is 20.7 Å². The van der Waals surface area contributed by atoms with Crippen molar-refractivity contribution in [2.45, 2.75) is 35.3 Å². The van der Waals surface area contributed by atoms with Crippen LogP contribution in [0.4, 0.5) is 0 Å². The van der Waals surface area contributed by atoms with E-state index in [0.717, 1.165) is 35.7 Å². The first-order valence-corrected chi connectivity index (χ1v) is 10.5. The molecule has 1 unspecified atom stereocenters. The summed E-state index contributed by atoms with van der Waals surface area (Å²) in [7, 11) is 1.68. The number of hydrogen-bond acceptors (Lipinski definition) is 2. The number of methoxy groups -OCH3 is 1. The molecule has 0 aliphatic heterocycles. The number of benzene rings is 2. The molecule has 0 bridgehead atoms. The molecule has 0 saturated heterocycles. The normalized spacial score (nSPS) is 20.7. The Morgan fingerprint density at radius 3 is 2.43 bits per heavy atom. The fraction of sp³-hybridized carbons (Fsp3) is 0.350. The van der Waals surface area contributed by atoms with E-state index >= 15 is 0 Å². The zero-order valence-corrected chi connectivity index (χ0v) is 15.2. The number of ketones is 1. The van der Waals surface area contributed by atoms with Crippen LogP contribution in [0.1, 0.15) is 30.4 Å². The van der Waals surface area contributed by atoms with E-state index < -0.39 is 0 Å². The molecule has 2 aromatic rings. The molecule has 0 aromatic heterocycles. The minimum absolute atomic E-state index is 0.249. The van der Waals surface area contributed by atoms with E-state index in [9.17, 15) is 4.79 Å². The van der Waals surface area contributed by atoms with Crippen molar-refractivity contribution in [1.29, 1.82) is 0 Å². The molecule has 1 fully saturated rings. The molecule has 0 spiro atoms. The Kier molecular flexibility index (Phi) is 5.19. The van der Waals surface area contributed by atoms with Gasteiger partial charge in [-0.05, 0) is 0 Å².